The molecule has 0 aliphatic carbocycles. The van der Waals surface area contributed by atoms with Gasteiger partial charge in [-0.05, 0) is 26.1 Å². The minimum absolute atomic E-state index is 0. The normalized spacial score (nSPS) is 9.80. The summed E-state index contributed by atoms with van der Waals surface area (Å²) < 4.78 is 0. The van der Waals surface area contributed by atoms with Gasteiger partial charge in [0, 0.05) is 6.42 Å². The summed E-state index contributed by atoms with van der Waals surface area (Å²) >= 11 is 0. The zero-order valence-electron chi connectivity index (χ0n) is 9.27. The van der Waals surface area contributed by atoms with E-state index in [9.17, 15) is 4.79 Å². The van der Waals surface area contributed by atoms with Gasteiger partial charge in [-0.1, -0.05) is 30.3 Å². The molecule has 1 aromatic carbocycles. The van der Waals surface area contributed by atoms with Crippen LogP contribution in [0, 0.1) is 0 Å². The highest BCUT2D eigenvalue weighted by Gasteiger charge is 2.03. The lowest BCUT2D eigenvalue weighted by Gasteiger charge is -2.07. The maximum Gasteiger partial charge on any atom is 0.147 e. The Morgan fingerprint density at radius 2 is 1.80 bits per heavy atom. The summed E-state index contributed by atoms with van der Waals surface area (Å²) in [4.78, 5) is 13.3. The fraction of sp³-hybridized carbons (Fsp3) is 0.417. The standard InChI is InChI=1S/C12H17NO.ClH/c1-13(2)10-12(14)9-8-11-6-4-3-5-7-11;/h3-7H,8-10H2,1-2H3;1H. The predicted octanol–water partition coefficient (Wildman–Crippen LogP) is 2.17. The lowest BCUT2D eigenvalue weighted by molar-refractivity contribution is -0.119. The SMILES string of the molecule is CN(C)CC(=O)CCc1ccccc1.Cl. The second-order valence-electron chi connectivity index (χ2n) is 3.76. The van der Waals surface area contributed by atoms with E-state index in [2.05, 4.69) is 12.1 Å². The minimum atomic E-state index is 0. The molecule has 15 heavy (non-hydrogen) atoms. The van der Waals surface area contributed by atoms with E-state index < -0.39 is 0 Å². The number of hydrogen-bond acceptors (Lipinski definition) is 2. The van der Waals surface area contributed by atoms with E-state index in [4.69, 9.17) is 0 Å². The molecule has 0 atom stereocenters. The number of carbonyl (C=O) groups is 1. The Kier molecular flexibility index (Phi) is 7.01. The summed E-state index contributed by atoms with van der Waals surface area (Å²) in [5.41, 5.74) is 1.24. The maximum absolute atomic E-state index is 11.4. The second kappa shape index (κ2) is 7.43. The molecule has 2 nitrogen and oxygen atoms in total. The van der Waals surface area contributed by atoms with Gasteiger partial charge >= 0.3 is 0 Å². The van der Waals surface area contributed by atoms with E-state index in [1.807, 2.05) is 37.2 Å². The first kappa shape index (κ1) is 14.1. The van der Waals surface area contributed by atoms with Crippen LogP contribution in [0.25, 0.3) is 0 Å². The Morgan fingerprint density at radius 3 is 2.33 bits per heavy atom. The summed E-state index contributed by atoms with van der Waals surface area (Å²) in [6, 6.07) is 10.1. The zero-order chi connectivity index (χ0) is 10.4. The third-order valence-electron chi connectivity index (χ3n) is 2.03. The molecule has 1 aromatic rings. The Labute approximate surface area is 97.7 Å². The van der Waals surface area contributed by atoms with Gasteiger partial charge < -0.3 is 4.90 Å². The van der Waals surface area contributed by atoms with Crippen LogP contribution in [0.15, 0.2) is 30.3 Å². The lowest BCUT2D eigenvalue weighted by Crippen LogP contribution is -2.21. The van der Waals surface area contributed by atoms with Crippen molar-refractivity contribution >= 4 is 18.2 Å². The van der Waals surface area contributed by atoms with Crippen LogP contribution in [0.1, 0.15) is 12.0 Å². The van der Waals surface area contributed by atoms with Crippen molar-refractivity contribution in [3.8, 4) is 0 Å². The number of halogens is 1. The Morgan fingerprint density at radius 1 is 1.20 bits per heavy atom. The summed E-state index contributed by atoms with van der Waals surface area (Å²) in [6.45, 7) is 0.548. The van der Waals surface area contributed by atoms with Gasteiger partial charge in [0.2, 0.25) is 0 Å². The molecule has 1 rings (SSSR count). The van der Waals surface area contributed by atoms with Gasteiger partial charge in [-0.2, -0.15) is 0 Å². The van der Waals surface area contributed by atoms with Crippen LogP contribution in [0.3, 0.4) is 0 Å². The molecule has 0 heterocycles. The smallest absolute Gasteiger partial charge is 0.147 e. The molecule has 0 bridgehead atoms. The van der Waals surface area contributed by atoms with Crippen LogP contribution in [-0.2, 0) is 11.2 Å². The zero-order valence-corrected chi connectivity index (χ0v) is 10.1. The van der Waals surface area contributed by atoms with Gasteiger partial charge in [-0.15, -0.1) is 12.4 Å². The molecule has 0 aliphatic rings. The molecular weight excluding hydrogens is 210 g/mol. The first-order chi connectivity index (χ1) is 6.68. The maximum atomic E-state index is 11.4. The molecule has 0 radical (unpaired) electrons. The van der Waals surface area contributed by atoms with Crippen molar-refractivity contribution in [2.24, 2.45) is 0 Å². The molecule has 84 valence electrons. The molecule has 0 aromatic heterocycles. The first-order valence-electron chi connectivity index (χ1n) is 4.89. The van der Waals surface area contributed by atoms with Crippen molar-refractivity contribution in [2.75, 3.05) is 20.6 Å². The van der Waals surface area contributed by atoms with E-state index in [1.54, 1.807) is 0 Å². The van der Waals surface area contributed by atoms with Crippen molar-refractivity contribution in [1.82, 2.24) is 4.90 Å². The van der Waals surface area contributed by atoms with Crippen LogP contribution >= 0.6 is 12.4 Å². The van der Waals surface area contributed by atoms with Gasteiger partial charge in [0.15, 0.2) is 0 Å². The van der Waals surface area contributed by atoms with Crippen molar-refractivity contribution < 1.29 is 4.79 Å². The average molecular weight is 228 g/mol. The summed E-state index contributed by atoms with van der Waals surface area (Å²) in [5, 5.41) is 0. The Balaban J connectivity index is 0.00000196. The lowest BCUT2D eigenvalue weighted by atomic mass is 10.1. The minimum Gasteiger partial charge on any atom is -0.302 e. The highest BCUT2D eigenvalue weighted by molar-refractivity contribution is 5.85. The monoisotopic (exact) mass is 227 g/mol. The Hall–Kier alpha value is -0.860. The van der Waals surface area contributed by atoms with Crippen LogP contribution < -0.4 is 0 Å². The number of aryl methyl sites for hydroxylation is 1. The molecule has 0 spiro atoms. The number of Topliss-reactive ketones (excluding diaryl/α,β-unsaturated/α-hetero) is 1. The summed E-state index contributed by atoms with van der Waals surface area (Å²) in [5.74, 6) is 0.304. The predicted molar refractivity (Wildman–Crippen MR) is 65.6 cm³/mol. The van der Waals surface area contributed by atoms with Crippen molar-refractivity contribution in [3.05, 3.63) is 35.9 Å². The van der Waals surface area contributed by atoms with Gasteiger partial charge in [0.1, 0.15) is 5.78 Å². The van der Waals surface area contributed by atoms with Gasteiger partial charge in [-0.3, -0.25) is 4.79 Å². The molecule has 0 N–H and O–H groups in total. The number of hydrogen-bond donors (Lipinski definition) is 0. The van der Waals surface area contributed by atoms with Crippen molar-refractivity contribution in [3.63, 3.8) is 0 Å². The molecule has 3 heteroatoms. The van der Waals surface area contributed by atoms with E-state index in [0.29, 0.717) is 18.7 Å². The molecule has 0 unspecified atom stereocenters. The number of rotatable bonds is 5. The number of ketones is 1. The van der Waals surface area contributed by atoms with E-state index >= 15 is 0 Å². The van der Waals surface area contributed by atoms with Gasteiger partial charge in [-0.25, -0.2) is 0 Å². The van der Waals surface area contributed by atoms with E-state index in [1.165, 1.54) is 5.56 Å². The van der Waals surface area contributed by atoms with E-state index in [0.717, 1.165) is 6.42 Å². The summed E-state index contributed by atoms with van der Waals surface area (Å²) in [6.07, 6.45) is 1.50. The van der Waals surface area contributed by atoms with Gasteiger partial charge in [0.25, 0.3) is 0 Å². The highest BCUT2D eigenvalue weighted by Crippen LogP contribution is 2.02. The quantitative estimate of drug-likeness (QED) is 0.769. The summed E-state index contributed by atoms with van der Waals surface area (Å²) in [7, 11) is 3.83. The average Bonchev–Trinajstić information content (AvgIpc) is 2.15. The topological polar surface area (TPSA) is 20.3 Å². The second-order valence-corrected chi connectivity index (χ2v) is 3.76. The fourth-order valence-corrected chi connectivity index (χ4v) is 1.36. The highest BCUT2D eigenvalue weighted by atomic mass is 35.5. The van der Waals surface area contributed by atoms with Crippen LogP contribution in [-0.4, -0.2) is 31.3 Å². The fourth-order valence-electron chi connectivity index (χ4n) is 1.36. The largest absolute Gasteiger partial charge is 0.302 e. The molecule has 0 saturated heterocycles. The molecular formula is C12H18ClNO. The molecule has 0 fully saturated rings. The first-order valence-corrected chi connectivity index (χ1v) is 4.89. The van der Waals surface area contributed by atoms with Gasteiger partial charge in [0.05, 0.1) is 6.54 Å². The number of nitrogens with zero attached hydrogens (tertiary/aromatic N) is 1. The van der Waals surface area contributed by atoms with Crippen LogP contribution in [0.4, 0.5) is 0 Å². The molecule has 0 amide bonds. The third kappa shape index (κ3) is 6.26. The third-order valence-corrected chi connectivity index (χ3v) is 2.03. The number of likely N-dealkylation sites (N-methyl/N-ethyl adjacent to an activating group) is 1. The van der Waals surface area contributed by atoms with Crippen LogP contribution in [0.2, 0.25) is 0 Å². The number of benzene rings is 1. The van der Waals surface area contributed by atoms with Crippen molar-refractivity contribution in [2.45, 2.75) is 12.8 Å². The van der Waals surface area contributed by atoms with Crippen molar-refractivity contribution in [1.29, 1.82) is 0 Å². The Bertz CT molecular complexity index is 285. The van der Waals surface area contributed by atoms with Crippen LogP contribution in [0.5, 0.6) is 0 Å². The molecule has 0 aliphatic heterocycles. The molecule has 0 saturated carbocycles. The number of carbonyl (C=O) groups excluding carboxylic acids is 1. The van der Waals surface area contributed by atoms with E-state index in [-0.39, 0.29) is 12.4 Å².